The summed E-state index contributed by atoms with van der Waals surface area (Å²) in [6.07, 6.45) is 2.90. The lowest BCUT2D eigenvalue weighted by molar-refractivity contribution is -0.128. The minimum Gasteiger partial charge on any atom is -0.508 e. The van der Waals surface area contributed by atoms with Gasteiger partial charge in [0.15, 0.2) is 0 Å². The Morgan fingerprint density at radius 1 is 1.54 bits per heavy atom. The van der Waals surface area contributed by atoms with Crippen molar-refractivity contribution < 1.29 is 14.6 Å². The van der Waals surface area contributed by atoms with Crippen molar-refractivity contribution in [2.45, 2.75) is 6.92 Å². The summed E-state index contributed by atoms with van der Waals surface area (Å²) in [5.41, 5.74) is 0. The number of carbonyl (C=O) groups is 1. The van der Waals surface area contributed by atoms with Gasteiger partial charge in [-0.15, -0.1) is 0 Å². The normalized spacial score (nSPS) is 10.2. The number of aromatic hydroxyl groups is 1. The van der Waals surface area contributed by atoms with Gasteiger partial charge >= 0.3 is 5.97 Å². The molecular formula is C10H10O3. The molecular weight excluding hydrogens is 168 g/mol. The molecule has 1 aromatic rings. The fourth-order valence-electron chi connectivity index (χ4n) is 0.833. The average molecular weight is 178 g/mol. The van der Waals surface area contributed by atoms with E-state index in [0.29, 0.717) is 5.75 Å². The van der Waals surface area contributed by atoms with Crippen LogP contribution in [0, 0.1) is 0 Å². The lowest BCUT2D eigenvalue weighted by atomic mass is 10.3. The number of rotatable bonds is 2. The van der Waals surface area contributed by atoms with Crippen molar-refractivity contribution in [3.05, 3.63) is 36.4 Å². The maximum atomic E-state index is 10.9. The van der Waals surface area contributed by atoms with E-state index in [2.05, 4.69) is 0 Å². The largest absolute Gasteiger partial charge is 0.508 e. The molecule has 3 heteroatoms. The van der Waals surface area contributed by atoms with Crippen LogP contribution in [0.1, 0.15) is 6.92 Å². The van der Waals surface area contributed by atoms with E-state index in [1.807, 2.05) is 0 Å². The summed E-state index contributed by atoms with van der Waals surface area (Å²) in [5.74, 6) is -0.0398. The van der Waals surface area contributed by atoms with Crippen molar-refractivity contribution in [2.24, 2.45) is 0 Å². The molecule has 0 spiro atoms. The van der Waals surface area contributed by atoms with Crippen molar-refractivity contribution in [1.29, 1.82) is 0 Å². The predicted molar refractivity (Wildman–Crippen MR) is 48.6 cm³/mol. The van der Waals surface area contributed by atoms with E-state index in [1.54, 1.807) is 25.1 Å². The molecule has 0 heterocycles. The topological polar surface area (TPSA) is 46.5 Å². The molecule has 3 nitrogen and oxygen atoms in total. The lowest BCUT2D eigenvalue weighted by Crippen LogP contribution is -2.02. The van der Waals surface area contributed by atoms with E-state index in [9.17, 15) is 4.79 Å². The number of phenolic OH excluding ortho intramolecular Hbond substituents is 1. The first-order chi connectivity index (χ1) is 6.22. The molecule has 0 aliphatic heterocycles. The fourth-order valence-corrected chi connectivity index (χ4v) is 0.833. The third-order valence-electron chi connectivity index (χ3n) is 1.34. The molecule has 0 amide bonds. The van der Waals surface area contributed by atoms with Crippen molar-refractivity contribution in [2.75, 3.05) is 0 Å². The van der Waals surface area contributed by atoms with Gasteiger partial charge in [0.05, 0.1) is 0 Å². The van der Waals surface area contributed by atoms with Crippen LogP contribution < -0.4 is 4.74 Å². The molecule has 0 aliphatic carbocycles. The third kappa shape index (κ3) is 2.99. The van der Waals surface area contributed by atoms with Gasteiger partial charge in [-0.3, -0.25) is 0 Å². The molecule has 0 radical (unpaired) electrons. The van der Waals surface area contributed by atoms with Gasteiger partial charge in [0, 0.05) is 12.1 Å². The van der Waals surface area contributed by atoms with Gasteiger partial charge in [0.25, 0.3) is 0 Å². The highest BCUT2D eigenvalue weighted by atomic mass is 16.5. The number of carbonyl (C=O) groups excluding carboxylic acids is 1. The number of benzene rings is 1. The summed E-state index contributed by atoms with van der Waals surface area (Å²) < 4.78 is 4.85. The van der Waals surface area contributed by atoms with Crippen LogP contribution in [0.2, 0.25) is 0 Å². The summed E-state index contributed by atoms with van der Waals surface area (Å²) in [4.78, 5) is 10.9. The van der Waals surface area contributed by atoms with E-state index < -0.39 is 5.97 Å². The zero-order valence-corrected chi connectivity index (χ0v) is 7.23. The fraction of sp³-hybridized carbons (Fsp3) is 0.100. The summed E-state index contributed by atoms with van der Waals surface area (Å²) in [7, 11) is 0. The van der Waals surface area contributed by atoms with Crippen molar-refractivity contribution in [1.82, 2.24) is 0 Å². The summed E-state index contributed by atoms with van der Waals surface area (Å²) in [6.45, 7) is 1.73. The molecule has 0 fully saturated rings. The van der Waals surface area contributed by atoms with Crippen LogP contribution in [0.4, 0.5) is 0 Å². The van der Waals surface area contributed by atoms with Gasteiger partial charge in [-0.25, -0.2) is 4.79 Å². The van der Waals surface area contributed by atoms with Gasteiger partial charge in [0.2, 0.25) is 0 Å². The Balaban J connectivity index is 2.69. The van der Waals surface area contributed by atoms with Crippen molar-refractivity contribution in [3.63, 3.8) is 0 Å². The number of hydrogen-bond acceptors (Lipinski definition) is 3. The van der Waals surface area contributed by atoms with Gasteiger partial charge < -0.3 is 9.84 Å². The maximum absolute atomic E-state index is 10.9. The van der Waals surface area contributed by atoms with E-state index >= 15 is 0 Å². The maximum Gasteiger partial charge on any atom is 0.335 e. The number of hydrogen-bond donors (Lipinski definition) is 1. The molecule has 1 aromatic carbocycles. The molecule has 0 aliphatic rings. The molecule has 68 valence electrons. The zero-order valence-electron chi connectivity index (χ0n) is 7.23. The highest BCUT2D eigenvalue weighted by molar-refractivity contribution is 5.83. The van der Waals surface area contributed by atoms with Gasteiger partial charge in [0.1, 0.15) is 11.5 Å². The van der Waals surface area contributed by atoms with Crippen LogP contribution in [-0.2, 0) is 4.79 Å². The molecule has 0 saturated carbocycles. The van der Waals surface area contributed by atoms with Crippen LogP contribution in [0.5, 0.6) is 11.5 Å². The molecule has 0 saturated heterocycles. The molecule has 13 heavy (non-hydrogen) atoms. The molecule has 0 atom stereocenters. The quantitative estimate of drug-likeness (QED) is 0.427. The van der Waals surface area contributed by atoms with Gasteiger partial charge in [-0.1, -0.05) is 12.1 Å². The Bertz CT molecular complexity index is 329. The Kier molecular flexibility index (Phi) is 3.09. The highest BCUT2D eigenvalue weighted by Crippen LogP contribution is 2.17. The molecule has 1 N–H and O–H groups in total. The van der Waals surface area contributed by atoms with Crippen molar-refractivity contribution >= 4 is 5.97 Å². The smallest absolute Gasteiger partial charge is 0.335 e. The molecule has 1 rings (SSSR count). The number of ether oxygens (including phenoxy) is 1. The number of esters is 1. The van der Waals surface area contributed by atoms with Crippen LogP contribution in [0.15, 0.2) is 36.4 Å². The molecule has 0 bridgehead atoms. The second-order valence-electron chi connectivity index (χ2n) is 2.42. The zero-order chi connectivity index (χ0) is 9.68. The Labute approximate surface area is 76.3 Å². The second-order valence-corrected chi connectivity index (χ2v) is 2.42. The van der Waals surface area contributed by atoms with E-state index in [1.165, 1.54) is 18.2 Å². The predicted octanol–water partition coefficient (Wildman–Crippen LogP) is 1.87. The van der Waals surface area contributed by atoms with Crippen molar-refractivity contribution in [3.8, 4) is 11.5 Å². The summed E-state index contributed by atoms with van der Waals surface area (Å²) in [5, 5.41) is 9.05. The van der Waals surface area contributed by atoms with Gasteiger partial charge in [-0.2, -0.15) is 0 Å². The van der Waals surface area contributed by atoms with Crippen LogP contribution >= 0.6 is 0 Å². The number of allylic oxidation sites excluding steroid dienone is 1. The Morgan fingerprint density at radius 3 is 2.92 bits per heavy atom. The SMILES string of the molecule is CC=CC(=O)Oc1cccc(O)c1. The minimum atomic E-state index is -0.451. The highest BCUT2D eigenvalue weighted by Gasteiger charge is 1.99. The lowest BCUT2D eigenvalue weighted by Gasteiger charge is -2.00. The van der Waals surface area contributed by atoms with Gasteiger partial charge in [-0.05, 0) is 19.1 Å². The first-order valence-electron chi connectivity index (χ1n) is 3.86. The second kappa shape index (κ2) is 4.30. The van der Waals surface area contributed by atoms with E-state index in [-0.39, 0.29) is 5.75 Å². The standard InChI is InChI=1S/C10H10O3/c1-2-4-10(12)13-9-6-3-5-8(11)7-9/h2-7,11H,1H3. The first kappa shape index (κ1) is 9.32. The Morgan fingerprint density at radius 2 is 2.31 bits per heavy atom. The van der Waals surface area contributed by atoms with E-state index in [0.717, 1.165) is 0 Å². The number of phenols is 1. The Hall–Kier alpha value is -1.77. The van der Waals surface area contributed by atoms with E-state index in [4.69, 9.17) is 9.84 Å². The molecule has 0 unspecified atom stereocenters. The summed E-state index contributed by atoms with van der Waals surface area (Å²) >= 11 is 0. The van der Waals surface area contributed by atoms with Crippen LogP contribution in [0.25, 0.3) is 0 Å². The van der Waals surface area contributed by atoms with Crippen LogP contribution in [0.3, 0.4) is 0 Å². The summed E-state index contributed by atoms with van der Waals surface area (Å²) in [6, 6.07) is 6.09. The minimum absolute atomic E-state index is 0.0748. The first-order valence-corrected chi connectivity index (χ1v) is 3.86. The monoisotopic (exact) mass is 178 g/mol. The third-order valence-corrected chi connectivity index (χ3v) is 1.34. The molecule has 0 aromatic heterocycles. The van der Waals surface area contributed by atoms with Crippen LogP contribution in [-0.4, -0.2) is 11.1 Å². The average Bonchev–Trinajstić information content (AvgIpc) is 2.04.